The maximum absolute atomic E-state index is 11.9. The van der Waals surface area contributed by atoms with Crippen LogP contribution in [0.2, 0.25) is 5.02 Å². The Morgan fingerprint density at radius 3 is 2.83 bits per heavy atom. The summed E-state index contributed by atoms with van der Waals surface area (Å²) < 4.78 is 31.2. The number of hydrogen-bond acceptors (Lipinski definition) is 4. The molecule has 0 bridgehead atoms. The third-order valence-electron chi connectivity index (χ3n) is 2.17. The van der Waals surface area contributed by atoms with E-state index in [2.05, 4.69) is 14.7 Å². The Hall–Kier alpha value is -1.73. The van der Waals surface area contributed by atoms with E-state index < -0.39 is 10.0 Å². The number of imidazole rings is 1. The van der Waals surface area contributed by atoms with Crippen molar-refractivity contribution in [1.29, 1.82) is 0 Å². The van der Waals surface area contributed by atoms with Crippen LogP contribution >= 0.6 is 11.6 Å². The molecule has 1 heterocycles. The van der Waals surface area contributed by atoms with Gasteiger partial charge in [0.1, 0.15) is 5.75 Å². The van der Waals surface area contributed by atoms with E-state index in [0.717, 1.165) is 0 Å². The zero-order valence-corrected chi connectivity index (χ0v) is 10.9. The second-order valence-electron chi connectivity index (χ2n) is 3.37. The van der Waals surface area contributed by atoms with Crippen molar-refractivity contribution in [3.05, 3.63) is 35.7 Å². The molecule has 0 atom stereocenters. The van der Waals surface area contributed by atoms with E-state index in [1.165, 1.54) is 25.7 Å². The van der Waals surface area contributed by atoms with E-state index in [-0.39, 0.29) is 5.03 Å². The van der Waals surface area contributed by atoms with E-state index in [1.54, 1.807) is 12.1 Å². The van der Waals surface area contributed by atoms with Crippen molar-refractivity contribution >= 4 is 27.3 Å². The molecule has 2 N–H and O–H groups in total. The average Bonchev–Trinajstić information content (AvgIpc) is 2.85. The summed E-state index contributed by atoms with van der Waals surface area (Å²) in [5, 5.41) is 0.387. The van der Waals surface area contributed by atoms with Crippen molar-refractivity contribution in [3.8, 4) is 5.75 Å². The maximum atomic E-state index is 11.9. The summed E-state index contributed by atoms with van der Waals surface area (Å²) in [5.74, 6) is 0.390. The minimum Gasteiger partial charge on any atom is -0.495 e. The highest BCUT2D eigenvalue weighted by Crippen LogP contribution is 2.28. The lowest BCUT2D eigenvalue weighted by Gasteiger charge is -2.08. The summed E-state index contributed by atoms with van der Waals surface area (Å²) in [5.41, 5.74) is 0.353. The van der Waals surface area contributed by atoms with E-state index in [9.17, 15) is 8.42 Å². The molecule has 18 heavy (non-hydrogen) atoms. The molecular weight excluding hydrogens is 278 g/mol. The number of aromatic amines is 1. The minimum atomic E-state index is -3.67. The lowest BCUT2D eigenvalue weighted by Crippen LogP contribution is -2.13. The van der Waals surface area contributed by atoms with Gasteiger partial charge in [0, 0.05) is 6.07 Å². The fourth-order valence-electron chi connectivity index (χ4n) is 1.32. The number of methoxy groups -OCH3 is 1. The molecule has 0 aliphatic carbocycles. The molecule has 0 spiro atoms. The number of sulfonamides is 1. The Balaban J connectivity index is 2.30. The molecule has 2 rings (SSSR count). The van der Waals surface area contributed by atoms with Crippen molar-refractivity contribution < 1.29 is 13.2 Å². The van der Waals surface area contributed by atoms with Gasteiger partial charge in [-0.3, -0.25) is 4.72 Å². The monoisotopic (exact) mass is 287 g/mol. The van der Waals surface area contributed by atoms with Crippen molar-refractivity contribution in [2.24, 2.45) is 0 Å². The summed E-state index contributed by atoms with van der Waals surface area (Å²) >= 11 is 5.85. The van der Waals surface area contributed by atoms with Crippen molar-refractivity contribution in [2.75, 3.05) is 11.8 Å². The first-order chi connectivity index (χ1) is 8.53. The highest BCUT2D eigenvalue weighted by molar-refractivity contribution is 7.92. The molecule has 8 heteroatoms. The molecule has 0 saturated heterocycles. The predicted molar refractivity (Wildman–Crippen MR) is 67.4 cm³/mol. The number of anilines is 1. The van der Waals surface area contributed by atoms with Crippen LogP contribution in [0.5, 0.6) is 5.75 Å². The molecule has 2 aromatic rings. The van der Waals surface area contributed by atoms with Crippen LogP contribution in [0, 0.1) is 0 Å². The van der Waals surface area contributed by atoms with Crippen LogP contribution in [-0.2, 0) is 10.0 Å². The van der Waals surface area contributed by atoms with E-state index in [1.807, 2.05) is 0 Å². The summed E-state index contributed by atoms with van der Waals surface area (Å²) in [6.45, 7) is 0. The number of hydrogen-bond donors (Lipinski definition) is 2. The average molecular weight is 288 g/mol. The van der Waals surface area contributed by atoms with Gasteiger partial charge < -0.3 is 9.72 Å². The number of nitrogens with zero attached hydrogens (tertiary/aromatic N) is 1. The third kappa shape index (κ3) is 2.57. The first-order valence-electron chi connectivity index (χ1n) is 4.87. The standard InChI is InChI=1S/C10H10ClN3O3S/c1-17-9-4-7(2-3-8(9)11)14-18(15,16)10-5-12-6-13-10/h2-6,14H,1H3,(H,12,13). The van der Waals surface area contributed by atoms with Crippen molar-refractivity contribution in [3.63, 3.8) is 0 Å². The van der Waals surface area contributed by atoms with Crippen LogP contribution in [0.4, 0.5) is 5.69 Å². The SMILES string of the molecule is COc1cc(NS(=O)(=O)c2cnc[nH]2)ccc1Cl. The fourth-order valence-corrected chi connectivity index (χ4v) is 2.47. The predicted octanol–water partition coefficient (Wildman–Crippen LogP) is 1.87. The summed E-state index contributed by atoms with van der Waals surface area (Å²) in [4.78, 5) is 6.18. The quantitative estimate of drug-likeness (QED) is 0.899. The van der Waals surface area contributed by atoms with Crippen LogP contribution in [0.1, 0.15) is 0 Å². The van der Waals surface area contributed by atoms with Gasteiger partial charge in [0.05, 0.1) is 30.3 Å². The lowest BCUT2D eigenvalue weighted by molar-refractivity contribution is 0.415. The molecule has 0 unspecified atom stereocenters. The highest BCUT2D eigenvalue weighted by atomic mass is 35.5. The fraction of sp³-hybridized carbons (Fsp3) is 0.100. The Morgan fingerprint density at radius 2 is 2.22 bits per heavy atom. The Bertz CT molecular complexity index is 640. The Morgan fingerprint density at radius 1 is 1.44 bits per heavy atom. The van der Waals surface area contributed by atoms with Crippen LogP contribution in [0.3, 0.4) is 0 Å². The van der Waals surface area contributed by atoms with E-state index >= 15 is 0 Å². The molecular formula is C10H10ClN3O3S. The van der Waals surface area contributed by atoms with Crippen LogP contribution in [0.25, 0.3) is 0 Å². The zero-order chi connectivity index (χ0) is 13.2. The Labute approximate surface area is 109 Å². The second kappa shape index (κ2) is 4.87. The van der Waals surface area contributed by atoms with E-state index in [4.69, 9.17) is 16.3 Å². The number of halogens is 1. The maximum Gasteiger partial charge on any atom is 0.278 e. The van der Waals surface area contributed by atoms with Gasteiger partial charge in [0.15, 0.2) is 5.03 Å². The molecule has 1 aromatic heterocycles. The largest absolute Gasteiger partial charge is 0.495 e. The van der Waals surface area contributed by atoms with Gasteiger partial charge in [0.2, 0.25) is 0 Å². The second-order valence-corrected chi connectivity index (χ2v) is 5.43. The van der Waals surface area contributed by atoms with Gasteiger partial charge >= 0.3 is 0 Å². The number of H-pyrrole nitrogens is 1. The topological polar surface area (TPSA) is 84.1 Å². The summed E-state index contributed by atoms with van der Waals surface area (Å²) in [6.07, 6.45) is 2.51. The van der Waals surface area contributed by atoms with Crippen LogP contribution in [0.15, 0.2) is 35.7 Å². The van der Waals surface area contributed by atoms with Gasteiger partial charge in [-0.1, -0.05) is 11.6 Å². The normalized spacial score (nSPS) is 11.2. The smallest absolute Gasteiger partial charge is 0.278 e. The molecule has 0 saturated carbocycles. The first-order valence-corrected chi connectivity index (χ1v) is 6.74. The van der Waals surface area contributed by atoms with Gasteiger partial charge in [-0.15, -0.1) is 0 Å². The minimum absolute atomic E-state index is 0.0172. The molecule has 0 aliphatic rings. The molecule has 6 nitrogen and oxygen atoms in total. The van der Waals surface area contributed by atoms with E-state index in [0.29, 0.717) is 16.5 Å². The van der Waals surface area contributed by atoms with Crippen molar-refractivity contribution in [2.45, 2.75) is 5.03 Å². The third-order valence-corrected chi connectivity index (χ3v) is 3.78. The summed E-state index contributed by atoms with van der Waals surface area (Å²) in [6, 6.07) is 4.58. The molecule has 96 valence electrons. The molecule has 0 amide bonds. The van der Waals surface area contributed by atoms with Crippen molar-refractivity contribution in [1.82, 2.24) is 9.97 Å². The first kappa shape index (κ1) is 12.7. The number of rotatable bonds is 4. The van der Waals surface area contributed by atoms with Gasteiger partial charge in [0.25, 0.3) is 10.0 Å². The van der Waals surface area contributed by atoms with Crippen LogP contribution in [-0.4, -0.2) is 25.5 Å². The molecule has 0 aliphatic heterocycles. The van der Waals surface area contributed by atoms with Gasteiger partial charge in [-0.05, 0) is 12.1 Å². The number of nitrogens with one attached hydrogen (secondary N) is 2. The molecule has 0 radical (unpaired) electrons. The number of ether oxygens (including phenoxy) is 1. The number of benzene rings is 1. The highest BCUT2D eigenvalue weighted by Gasteiger charge is 2.16. The zero-order valence-electron chi connectivity index (χ0n) is 9.34. The molecule has 1 aromatic carbocycles. The molecule has 0 fully saturated rings. The number of aromatic nitrogens is 2. The Kier molecular flexibility index (Phi) is 3.44. The van der Waals surface area contributed by atoms with Crippen LogP contribution < -0.4 is 9.46 Å². The summed E-state index contributed by atoms with van der Waals surface area (Å²) in [7, 11) is -2.22. The lowest BCUT2D eigenvalue weighted by atomic mass is 10.3. The van der Waals surface area contributed by atoms with Gasteiger partial charge in [-0.2, -0.15) is 8.42 Å². The van der Waals surface area contributed by atoms with Gasteiger partial charge in [-0.25, -0.2) is 4.98 Å².